The van der Waals surface area contributed by atoms with Crippen LogP contribution in [0.2, 0.25) is 0 Å². The second-order valence-corrected chi connectivity index (χ2v) is 4.06. The number of hydroxylamine groups is 2. The highest BCUT2D eigenvalue weighted by atomic mass is 16.7. The number of hydrogen-bond acceptors (Lipinski definition) is 7. The van der Waals surface area contributed by atoms with Crippen molar-refractivity contribution in [1.82, 2.24) is 15.2 Å². The van der Waals surface area contributed by atoms with Crippen LogP contribution in [0.1, 0.15) is 5.89 Å². The van der Waals surface area contributed by atoms with Gasteiger partial charge in [-0.05, 0) is 6.07 Å². The van der Waals surface area contributed by atoms with Crippen molar-refractivity contribution in [3.05, 3.63) is 18.0 Å². The third kappa shape index (κ3) is 2.76. The fourth-order valence-electron chi connectivity index (χ4n) is 1.57. The normalized spacial score (nSPS) is 10.8. The molecule has 1 N–H and O–H groups in total. The van der Waals surface area contributed by atoms with Crippen molar-refractivity contribution in [2.24, 2.45) is 0 Å². The fourth-order valence-corrected chi connectivity index (χ4v) is 1.57. The topological polar surface area (TPSA) is 80.9 Å². The van der Waals surface area contributed by atoms with Gasteiger partial charge in [0, 0.05) is 27.1 Å². The zero-order valence-corrected chi connectivity index (χ0v) is 11.2. The van der Waals surface area contributed by atoms with Gasteiger partial charge in [-0.2, -0.15) is 10.0 Å². The van der Waals surface area contributed by atoms with Gasteiger partial charge in [-0.1, -0.05) is 5.16 Å². The van der Waals surface area contributed by atoms with Crippen LogP contribution < -0.4 is 9.57 Å². The summed E-state index contributed by atoms with van der Waals surface area (Å²) >= 11 is 0. The Hall–Kier alpha value is -2.28. The molecule has 19 heavy (non-hydrogen) atoms. The summed E-state index contributed by atoms with van der Waals surface area (Å²) in [6.45, 7) is 1.70. The summed E-state index contributed by atoms with van der Waals surface area (Å²) in [4.78, 5) is 9.63. The number of aromatic hydroxyl groups is 1. The summed E-state index contributed by atoms with van der Waals surface area (Å²) in [5.41, 5.74) is 0.570. The van der Waals surface area contributed by atoms with Gasteiger partial charge in [-0.15, -0.1) is 0 Å². The summed E-state index contributed by atoms with van der Waals surface area (Å²) < 4.78 is 10.0. The van der Waals surface area contributed by atoms with E-state index in [-0.39, 0.29) is 5.75 Å². The molecule has 0 radical (unpaired) electrons. The van der Waals surface area contributed by atoms with Crippen LogP contribution in [0.15, 0.2) is 16.7 Å². The first-order valence-electron chi connectivity index (χ1n) is 5.58. The van der Waals surface area contributed by atoms with Crippen LogP contribution in [0.4, 0.5) is 0 Å². The number of phenols is 1. The zero-order chi connectivity index (χ0) is 14.0. The highest BCUT2D eigenvalue weighted by molar-refractivity contribution is 5.69. The van der Waals surface area contributed by atoms with Gasteiger partial charge in [-0.3, -0.25) is 0 Å². The van der Waals surface area contributed by atoms with Crippen LogP contribution in [-0.2, 0) is 0 Å². The fraction of sp³-hybridized carbons (Fsp3) is 0.333. The predicted octanol–water partition coefficient (Wildman–Crippen LogP) is 1.61. The Morgan fingerprint density at radius 3 is 2.53 bits per heavy atom. The number of methoxy groups -OCH3 is 1. The third-order valence-corrected chi connectivity index (χ3v) is 2.33. The predicted molar refractivity (Wildman–Crippen MR) is 67.0 cm³/mol. The van der Waals surface area contributed by atoms with Crippen molar-refractivity contribution in [3.63, 3.8) is 0 Å². The number of hydrogen-bond donors (Lipinski definition) is 1. The molecule has 1 aromatic carbocycles. The Morgan fingerprint density at radius 2 is 2.00 bits per heavy atom. The highest BCUT2D eigenvalue weighted by Gasteiger charge is 2.17. The van der Waals surface area contributed by atoms with Gasteiger partial charge in [-0.25, -0.2) is 0 Å². The van der Waals surface area contributed by atoms with Crippen molar-refractivity contribution in [2.75, 3.05) is 21.2 Å². The first-order chi connectivity index (χ1) is 9.01. The van der Waals surface area contributed by atoms with Crippen molar-refractivity contribution < 1.29 is 19.2 Å². The lowest BCUT2D eigenvalue weighted by Crippen LogP contribution is -2.16. The van der Waals surface area contributed by atoms with Gasteiger partial charge in [0.1, 0.15) is 0 Å². The van der Waals surface area contributed by atoms with E-state index in [2.05, 4.69) is 10.1 Å². The molecule has 0 saturated heterocycles. The molecule has 0 fully saturated rings. The number of aryl methyl sites for hydroxylation is 1. The maximum atomic E-state index is 9.79. The second-order valence-electron chi connectivity index (χ2n) is 4.06. The van der Waals surface area contributed by atoms with Crippen molar-refractivity contribution in [1.29, 1.82) is 0 Å². The molecular weight excluding hydrogens is 250 g/mol. The van der Waals surface area contributed by atoms with E-state index in [1.54, 1.807) is 27.1 Å². The molecule has 0 spiro atoms. The van der Waals surface area contributed by atoms with Crippen molar-refractivity contribution in [2.45, 2.75) is 6.92 Å². The van der Waals surface area contributed by atoms with Gasteiger partial charge >= 0.3 is 0 Å². The highest BCUT2D eigenvalue weighted by Crippen LogP contribution is 2.38. The second kappa shape index (κ2) is 5.15. The Bertz CT molecular complexity index is 580. The molecule has 0 aliphatic rings. The summed E-state index contributed by atoms with van der Waals surface area (Å²) in [7, 11) is 4.92. The first-order valence-corrected chi connectivity index (χ1v) is 5.58. The van der Waals surface area contributed by atoms with Gasteiger partial charge in [0.25, 0.3) is 0 Å². The lowest BCUT2D eigenvalue weighted by molar-refractivity contribution is -0.00288. The minimum atomic E-state index is -0.0247. The van der Waals surface area contributed by atoms with E-state index in [1.165, 1.54) is 18.2 Å². The summed E-state index contributed by atoms with van der Waals surface area (Å²) in [5.74, 6) is 1.50. The summed E-state index contributed by atoms with van der Waals surface area (Å²) in [6, 6.07) is 3.04. The Labute approximate surface area is 110 Å². The lowest BCUT2D eigenvalue weighted by Gasteiger charge is -2.15. The molecule has 0 unspecified atom stereocenters. The first kappa shape index (κ1) is 13.2. The molecule has 0 aliphatic heterocycles. The molecule has 2 rings (SSSR count). The molecule has 7 heteroatoms. The molecule has 0 atom stereocenters. The van der Waals surface area contributed by atoms with E-state index in [4.69, 9.17) is 14.1 Å². The molecule has 1 aromatic heterocycles. The van der Waals surface area contributed by atoms with Crippen LogP contribution in [0, 0.1) is 6.92 Å². The molecule has 0 bridgehead atoms. The summed E-state index contributed by atoms with van der Waals surface area (Å²) in [5, 5.41) is 15.1. The largest absolute Gasteiger partial charge is 0.504 e. The summed E-state index contributed by atoms with van der Waals surface area (Å²) in [6.07, 6.45) is 0. The average molecular weight is 265 g/mol. The standard InChI is InChI=1S/C12H15N3O4/c1-7-13-12(14-18-7)8-5-11(17-4)9(16)6-10(8)19-15(2)3/h5-6,16H,1-4H3. The minimum absolute atomic E-state index is 0.0247. The van der Waals surface area contributed by atoms with E-state index in [9.17, 15) is 5.11 Å². The minimum Gasteiger partial charge on any atom is -0.504 e. The van der Waals surface area contributed by atoms with Crippen LogP contribution in [0.3, 0.4) is 0 Å². The Balaban J connectivity index is 2.54. The molecule has 0 aliphatic carbocycles. The van der Waals surface area contributed by atoms with Crippen LogP contribution in [0.25, 0.3) is 11.4 Å². The molecular formula is C12H15N3O4. The van der Waals surface area contributed by atoms with Gasteiger partial charge in [0.05, 0.1) is 12.7 Å². The monoisotopic (exact) mass is 265 g/mol. The molecule has 7 nitrogen and oxygen atoms in total. The number of nitrogens with zero attached hydrogens (tertiary/aromatic N) is 3. The lowest BCUT2D eigenvalue weighted by atomic mass is 10.1. The smallest absolute Gasteiger partial charge is 0.223 e. The molecule has 102 valence electrons. The van der Waals surface area contributed by atoms with E-state index in [1.807, 2.05) is 0 Å². The maximum Gasteiger partial charge on any atom is 0.223 e. The van der Waals surface area contributed by atoms with E-state index in [0.717, 1.165) is 0 Å². The Morgan fingerprint density at radius 1 is 1.26 bits per heavy atom. The third-order valence-electron chi connectivity index (χ3n) is 2.33. The number of ether oxygens (including phenoxy) is 1. The Kier molecular flexibility index (Phi) is 3.57. The number of rotatable bonds is 4. The number of benzene rings is 1. The van der Waals surface area contributed by atoms with Crippen LogP contribution in [0.5, 0.6) is 17.2 Å². The van der Waals surface area contributed by atoms with Gasteiger partial charge in [0.15, 0.2) is 17.2 Å². The number of aromatic nitrogens is 2. The van der Waals surface area contributed by atoms with E-state index >= 15 is 0 Å². The van der Waals surface area contributed by atoms with E-state index < -0.39 is 0 Å². The molecule has 0 amide bonds. The van der Waals surface area contributed by atoms with E-state index in [0.29, 0.717) is 28.8 Å². The average Bonchev–Trinajstić information content (AvgIpc) is 2.75. The molecule has 2 aromatic rings. The van der Waals surface area contributed by atoms with Crippen molar-refractivity contribution >= 4 is 0 Å². The van der Waals surface area contributed by atoms with Crippen LogP contribution in [-0.4, -0.2) is 41.5 Å². The SMILES string of the molecule is COc1cc(-c2noc(C)n2)c(ON(C)C)cc1O. The molecule has 0 saturated carbocycles. The van der Waals surface area contributed by atoms with Crippen molar-refractivity contribution in [3.8, 4) is 28.6 Å². The van der Waals surface area contributed by atoms with Gasteiger partial charge < -0.3 is 19.2 Å². The number of phenolic OH excluding ortho intramolecular Hbond substituents is 1. The molecule has 1 heterocycles. The van der Waals surface area contributed by atoms with Gasteiger partial charge in [0.2, 0.25) is 11.7 Å². The quantitative estimate of drug-likeness (QED) is 0.841. The zero-order valence-electron chi connectivity index (χ0n) is 11.2. The maximum absolute atomic E-state index is 9.79. The van der Waals surface area contributed by atoms with Crippen LogP contribution >= 0.6 is 0 Å².